The summed E-state index contributed by atoms with van der Waals surface area (Å²) < 4.78 is 31.0. The Morgan fingerprint density at radius 2 is 1.93 bits per heavy atom. The summed E-state index contributed by atoms with van der Waals surface area (Å²) >= 11 is 1.25. The smallest absolute Gasteiger partial charge is 0.150 e. The minimum Gasteiger partial charge on any atom is -0.392 e. The molecule has 5 rings (SSSR count). The molecule has 9 heteroatoms. The number of hydrogen-bond donors (Lipinski definition) is 2. The Morgan fingerprint density at radius 3 is 2.60 bits per heavy atom. The van der Waals surface area contributed by atoms with Crippen LogP contribution in [0.15, 0.2) is 35.6 Å². The molecule has 1 aromatic carbocycles. The molecule has 1 atom stereocenters. The van der Waals surface area contributed by atoms with Crippen molar-refractivity contribution in [3.05, 3.63) is 52.8 Å². The summed E-state index contributed by atoms with van der Waals surface area (Å²) in [4.78, 5) is 4.19. The number of nitrogens with one attached hydrogen (secondary N) is 1. The lowest BCUT2D eigenvalue weighted by molar-refractivity contribution is 0.246. The molecule has 1 aromatic heterocycles. The Morgan fingerprint density at radius 1 is 1.20 bits per heavy atom. The first-order valence-electron chi connectivity index (χ1n) is 10.3. The van der Waals surface area contributed by atoms with Crippen LogP contribution >= 0.6 is 11.8 Å². The van der Waals surface area contributed by atoms with Gasteiger partial charge in [0.1, 0.15) is 22.7 Å². The second-order valence-corrected chi connectivity index (χ2v) is 9.59. The van der Waals surface area contributed by atoms with Crippen molar-refractivity contribution in [2.45, 2.75) is 24.6 Å². The Bertz CT molecular complexity index is 954. The standard InChI is InChI=1S/C21H26F2N6S/c1-27-19(28-9-6-21(7-10-28)5-8-25-13-21)16(11-26-27)29-12-17(24)30-20(29)18-14(22)3-2-4-15(18)23/h2-4,11-12,20,25H,5-10,13,24H2,1H3. The van der Waals surface area contributed by atoms with Crippen LogP contribution in [0.4, 0.5) is 20.3 Å². The van der Waals surface area contributed by atoms with Gasteiger partial charge in [0, 0.05) is 32.9 Å². The van der Waals surface area contributed by atoms with Gasteiger partial charge in [0.2, 0.25) is 0 Å². The van der Waals surface area contributed by atoms with E-state index in [1.165, 1.54) is 36.4 Å². The summed E-state index contributed by atoms with van der Waals surface area (Å²) in [5.41, 5.74) is 7.33. The van der Waals surface area contributed by atoms with Gasteiger partial charge >= 0.3 is 0 Å². The number of benzene rings is 1. The number of anilines is 2. The molecule has 0 radical (unpaired) electrons. The zero-order chi connectivity index (χ0) is 20.9. The highest BCUT2D eigenvalue weighted by molar-refractivity contribution is 8.03. The number of halogens is 2. The Kier molecular flexibility index (Phi) is 4.89. The van der Waals surface area contributed by atoms with Crippen molar-refractivity contribution in [1.82, 2.24) is 15.1 Å². The zero-order valence-electron chi connectivity index (χ0n) is 16.9. The third kappa shape index (κ3) is 3.24. The highest BCUT2D eigenvalue weighted by atomic mass is 32.2. The molecule has 0 aliphatic carbocycles. The second-order valence-electron chi connectivity index (χ2n) is 8.44. The third-order valence-electron chi connectivity index (χ3n) is 6.64. The number of nitrogens with two attached hydrogens (primary N) is 1. The minimum atomic E-state index is -0.607. The number of aryl methyl sites for hydroxylation is 1. The van der Waals surface area contributed by atoms with E-state index in [0.717, 1.165) is 50.5 Å². The Labute approximate surface area is 179 Å². The molecule has 30 heavy (non-hydrogen) atoms. The molecule has 4 heterocycles. The van der Waals surface area contributed by atoms with E-state index < -0.39 is 17.0 Å². The molecule has 2 aromatic rings. The largest absolute Gasteiger partial charge is 0.392 e. The van der Waals surface area contributed by atoms with E-state index in [2.05, 4.69) is 15.3 Å². The van der Waals surface area contributed by atoms with E-state index in [1.54, 1.807) is 12.4 Å². The molecule has 2 saturated heterocycles. The molecule has 160 valence electrons. The first-order valence-corrected chi connectivity index (χ1v) is 11.2. The minimum absolute atomic E-state index is 0.0173. The van der Waals surface area contributed by atoms with Crippen LogP contribution in [0.1, 0.15) is 30.2 Å². The monoisotopic (exact) mass is 432 g/mol. The van der Waals surface area contributed by atoms with Gasteiger partial charge < -0.3 is 20.9 Å². The maximum Gasteiger partial charge on any atom is 0.150 e. The average molecular weight is 433 g/mol. The number of thioether (sulfide) groups is 1. The van der Waals surface area contributed by atoms with Crippen LogP contribution in [0, 0.1) is 17.0 Å². The average Bonchev–Trinajstić information content (AvgIpc) is 3.42. The number of rotatable bonds is 3. The summed E-state index contributed by atoms with van der Waals surface area (Å²) in [6, 6.07) is 3.96. The predicted molar refractivity (Wildman–Crippen MR) is 116 cm³/mol. The van der Waals surface area contributed by atoms with Crippen molar-refractivity contribution < 1.29 is 8.78 Å². The van der Waals surface area contributed by atoms with E-state index in [-0.39, 0.29) is 5.56 Å². The van der Waals surface area contributed by atoms with Gasteiger partial charge in [-0.15, -0.1) is 0 Å². The molecular formula is C21H26F2N6S. The fourth-order valence-electron chi connectivity index (χ4n) is 4.94. The van der Waals surface area contributed by atoms with E-state index in [1.807, 2.05) is 16.6 Å². The molecule has 3 aliphatic rings. The van der Waals surface area contributed by atoms with Crippen molar-refractivity contribution in [2.24, 2.45) is 18.2 Å². The summed E-state index contributed by atoms with van der Waals surface area (Å²) in [6.07, 6.45) is 7.01. The SMILES string of the molecule is Cn1ncc(N2C=C(N)SC2c2c(F)cccc2F)c1N1CCC2(CCNC2)CC1. The molecule has 6 nitrogen and oxygen atoms in total. The maximum absolute atomic E-state index is 14.6. The first-order chi connectivity index (χ1) is 14.5. The third-order valence-corrected chi connectivity index (χ3v) is 7.70. The predicted octanol–water partition coefficient (Wildman–Crippen LogP) is 3.29. The number of hydrogen-bond acceptors (Lipinski definition) is 6. The molecule has 3 aliphatic heterocycles. The van der Waals surface area contributed by atoms with Crippen molar-refractivity contribution in [3.8, 4) is 0 Å². The van der Waals surface area contributed by atoms with E-state index in [0.29, 0.717) is 10.4 Å². The lowest BCUT2D eigenvalue weighted by atomic mass is 9.78. The van der Waals surface area contributed by atoms with Crippen LogP contribution in [0.3, 0.4) is 0 Å². The Balaban J connectivity index is 1.47. The lowest BCUT2D eigenvalue weighted by Gasteiger charge is -2.40. The molecule has 2 fully saturated rings. The Hall–Kier alpha value is -2.26. The normalized spacial score (nSPS) is 23.4. The van der Waals surface area contributed by atoms with Gasteiger partial charge in [0.25, 0.3) is 0 Å². The van der Waals surface area contributed by atoms with Crippen molar-refractivity contribution in [1.29, 1.82) is 0 Å². The maximum atomic E-state index is 14.6. The zero-order valence-corrected chi connectivity index (χ0v) is 17.8. The summed E-state index contributed by atoms with van der Waals surface area (Å²) in [5, 5.41) is 7.89. The number of aromatic nitrogens is 2. The summed E-state index contributed by atoms with van der Waals surface area (Å²) in [7, 11) is 1.91. The van der Waals surface area contributed by atoms with Gasteiger partial charge in [-0.2, -0.15) is 5.10 Å². The van der Waals surface area contributed by atoms with Crippen LogP contribution in [0.5, 0.6) is 0 Å². The number of nitrogens with zero attached hydrogens (tertiary/aromatic N) is 4. The molecule has 1 unspecified atom stereocenters. The molecular weight excluding hydrogens is 406 g/mol. The van der Waals surface area contributed by atoms with Crippen LogP contribution in [-0.4, -0.2) is 36.0 Å². The first kappa shape index (κ1) is 19.7. The lowest BCUT2D eigenvalue weighted by Crippen LogP contribution is -2.42. The van der Waals surface area contributed by atoms with Gasteiger partial charge in [0.05, 0.1) is 16.8 Å². The molecule has 3 N–H and O–H groups in total. The van der Waals surface area contributed by atoms with E-state index >= 15 is 0 Å². The molecule has 0 amide bonds. The van der Waals surface area contributed by atoms with Gasteiger partial charge in [-0.3, -0.25) is 4.68 Å². The van der Waals surface area contributed by atoms with Gasteiger partial charge in [-0.25, -0.2) is 8.78 Å². The highest BCUT2D eigenvalue weighted by Crippen LogP contribution is 2.49. The number of piperidine rings is 1. The molecule has 0 saturated carbocycles. The molecule has 0 bridgehead atoms. The van der Waals surface area contributed by atoms with E-state index in [9.17, 15) is 8.78 Å². The fraction of sp³-hybridized carbons (Fsp3) is 0.476. The van der Waals surface area contributed by atoms with Gasteiger partial charge in [-0.05, 0) is 43.4 Å². The van der Waals surface area contributed by atoms with Gasteiger partial charge in [0.15, 0.2) is 5.82 Å². The van der Waals surface area contributed by atoms with Gasteiger partial charge in [-0.1, -0.05) is 17.8 Å². The summed E-state index contributed by atoms with van der Waals surface area (Å²) in [6.45, 7) is 4.07. The summed E-state index contributed by atoms with van der Waals surface area (Å²) in [5.74, 6) is -0.177. The second kappa shape index (κ2) is 7.46. The fourth-order valence-corrected chi connectivity index (χ4v) is 6.01. The molecule has 1 spiro atoms. The van der Waals surface area contributed by atoms with Crippen LogP contribution in [0.25, 0.3) is 0 Å². The van der Waals surface area contributed by atoms with Crippen molar-refractivity contribution in [2.75, 3.05) is 36.0 Å². The highest BCUT2D eigenvalue weighted by Gasteiger charge is 2.39. The van der Waals surface area contributed by atoms with Crippen LogP contribution in [0.2, 0.25) is 0 Å². The van der Waals surface area contributed by atoms with Crippen molar-refractivity contribution >= 4 is 23.3 Å². The topological polar surface area (TPSA) is 62.4 Å². The van der Waals surface area contributed by atoms with Crippen LogP contribution in [-0.2, 0) is 7.05 Å². The van der Waals surface area contributed by atoms with E-state index in [4.69, 9.17) is 5.73 Å². The quantitative estimate of drug-likeness (QED) is 0.776. The van der Waals surface area contributed by atoms with Crippen molar-refractivity contribution in [3.63, 3.8) is 0 Å². The van der Waals surface area contributed by atoms with Crippen LogP contribution < -0.4 is 20.9 Å².